The van der Waals surface area contributed by atoms with Crippen LogP contribution in [-0.2, 0) is 42.7 Å². The van der Waals surface area contributed by atoms with Crippen LogP contribution >= 0.6 is 7.82 Å². The fraction of sp³-hybridized carbons (Fsp3) is 0.676. The Morgan fingerprint density at radius 2 is 1.62 bits per heavy atom. The summed E-state index contributed by atoms with van der Waals surface area (Å²) in [5.41, 5.74) is -2.57. The predicted octanol–water partition coefficient (Wildman–Crippen LogP) is 5.79. The van der Waals surface area contributed by atoms with E-state index in [1.807, 2.05) is 0 Å². The Balaban J connectivity index is 1.61. The number of anilines is 1. The molecule has 0 bridgehead atoms. The number of benzene rings is 1. The third-order valence-electron chi connectivity index (χ3n) is 8.96. The van der Waals surface area contributed by atoms with Crippen molar-refractivity contribution in [3.05, 3.63) is 41.2 Å². The quantitative estimate of drug-likeness (QED) is 0.160. The number of carbonyl (C=O) groups is 4. The first-order valence-corrected chi connectivity index (χ1v) is 18.4. The van der Waals surface area contributed by atoms with E-state index < -0.39 is 85.1 Å². The van der Waals surface area contributed by atoms with Crippen LogP contribution in [0.25, 0.3) is 4.85 Å². The van der Waals surface area contributed by atoms with E-state index >= 15 is 0 Å². The van der Waals surface area contributed by atoms with Crippen molar-refractivity contribution in [2.45, 2.75) is 121 Å². The van der Waals surface area contributed by atoms with Crippen LogP contribution in [0.4, 0.5) is 27.6 Å². The van der Waals surface area contributed by atoms with Gasteiger partial charge in [-0.2, -0.15) is 22.0 Å². The molecular formula is C34H45F5N5O8P. The lowest BCUT2D eigenvalue weighted by molar-refractivity contribution is -0.270. The molecule has 53 heavy (non-hydrogen) atoms. The lowest BCUT2D eigenvalue weighted by atomic mass is 9.80. The van der Waals surface area contributed by atoms with Gasteiger partial charge in [-0.1, -0.05) is 31.0 Å². The van der Waals surface area contributed by atoms with Gasteiger partial charge in [0.15, 0.2) is 0 Å². The van der Waals surface area contributed by atoms with E-state index in [0.29, 0.717) is 24.1 Å². The van der Waals surface area contributed by atoms with Crippen LogP contribution in [0.5, 0.6) is 0 Å². The molecule has 0 unspecified atom stereocenters. The Morgan fingerprint density at radius 1 is 1.06 bits per heavy atom. The number of likely N-dealkylation sites (tertiary alicyclic amines) is 1. The second-order valence-corrected chi connectivity index (χ2v) is 17.2. The summed E-state index contributed by atoms with van der Waals surface area (Å²) < 4.78 is 96.5. The Hall–Kier alpha value is -3.65. The van der Waals surface area contributed by atoms with E-state index in [9.17, 15) is 45.7 Å². The number of nitrogens with one attached hydrogen (secondary N) is 1. The molecule has 2 aliphatic heterocycles. The molecule has 1 aromatic rings. The molecule has 0 radical (unpaired) electrons. The summed E-state index contributed by atoms with van der Waals surface area (Å²) in [7, 11) is -3.13. The number of hydrogen-bond donors (Lipinski definition) is 1. The summed E-state index contributed by atoms with van der Waals surface area (Å²) in [6, 6.07) is 3.44. The molecule has 1 saturated carbocycles. The third-order valence-corrected chi connectivity index (χ3v) is 10.9. The Kier molecular flexibility index (Phi) is 11.5. The average Bonchev–Trinajstić information content (AvgIpc) is 3.71. The number of fused-ring (bicyclic) bond motifs is 2. The summed E-state index contributed by atoms with van der Waals surface area (Å²) in [5.74, 6) is -10.9. The minimum absolute atomic E-state index is 0.0237. The minimum atomic E-state index is -6.20. The number of nitrogens with zero attached hydrogens (tertiary/aromatic N) is 4. The van der Waals surface area contributed by atoms with Gasteiger partial charge in [0.05, 0.1) is 23.3 Å². The number of alkyl halides is 5. The highest BCUT2D eigenvalue weighted by Crippen LogP contribution is 2.57. The van der Waals surface area contributed by atoms with E-state index in [-0.39, 0.29) is 25.3 Å². The molecule has 4 rings (SSSR count). The number of likely N-dealkylation sites (N-methyl/N-ethyl adjacent to an activating group) is 1. The van der Waals surface area contributed by atoms with Crippen LogP contribution in [0.1, 0.15) is 79.7 Å². The van der Waals surface area contributed by atoms with Crippen molar-refractivity contribution in [3.63, 3.8) is 0 Å². The highest BCUT2D eigenvalue weighted by Gasteiger charge is 2.64. The number of halogens is 5. The van der Waals surface area contributed by atoms with Crippen molar-refractivity contribution in [1.82, 2.24) is 15.1 Å². The van der Waals surface area contributed by atoms with Crippen LogP contribution < -0.4 is 10.2 Å². The van der Waals surface area contributed by atoms with Crippen LogP contribution in [-0.4, -0.2) is 95.3 Å². The first kappa shape index (κ1) is 42.1. The number of rotatable bonds is 12. The van der Waals surface area contributed by atoms with Crippen LogP contribution in [0.15, 0.2) is 24.3 Å². The van der Waals surface area contributed by atoms with Crippen LogP contribution in [0, 0.1) is 12.5 Å². The van der Waals surface area contributed by atoms with Crippen molar-refractivity contribution < 1.29 is 59.3 Å². The fourth-order valence-electron chi connectivity index (χ4n) is 6.39. The van der Waals surface area contributed by atoms with Gasteiger partial charge in [0.2, 0.25) is 11.8 Å². The molecule has 19 heteroatoms. The molecule has 2 heterocycles. The number of amides is 4. The topological polar surface area (TPSA) is 139 Å². The molecule has 1 saturated heterocycles. The summed E-state index contributed by atoms with van der Waals surface area (Å²) in [6.45, 7) is 17.9. The molecule has 13 nitrogen and oxygen atoms in total. The summed E-state index contributed by atoms with van der Waals surface area (Å²) in [6.07, 6.45) is -6.07. The zero-order valence-corrected chi connectivity index (χ0v) is 31.6. The molecule has 1 aromatic carbocycles. The second-order valence-electron chi connectivity index (χ2n) is 15.6. The first-order chi connectivity index (χ1) is 24.2. The number of hydrogen-bond acceptors (Lipinski definition) is 8. The predicted molar refractivity (Wildman–Crippen MR) is 180 cm³/mol. The van der Waals surface area contributed by atoms with Crippen molar-refractivity contribution in [2.75, 3.05) is 25.2 Å². The molecular weight excluding hydrogens is 732 g/mol. The highest BCUT2D eigenvalue weighted by atomic mass is 31.2. The van der Waals surface area contributed by atoms with E-state index in [0.717, 1.165) is 18.9 Å². The fourth-order valence-corrected chi connectivity index (χ4v) is 8.13. The SMILES string of the molecule is [C-]#[N+][C@@H]1C[C@@]2(CN1C(=O)[C@H](CC1CC1)N(C)C(=O)[C@H](C)NC(=O)C(F)(F)C(F)(F)F)C(=O)N(COP(=O)(OC(C)(C)C)OC(C)(C)C)c1ccccc12. The normalized spacial score (nSPS) is 22.0. The maximum absolute atomic E-state index is 14.4. The van der Waals surface area contributed by atoms with Crippen LogP contribution in [0.3, 0.4) is 0 Å². The Labute approximate surface area is 304 Å². The van der Waals surface area contributed by atoms with Gasteiger partial charge in [-0.25, -0.2) is 11.1 Å². The van der Waals surface area contributed by atoms with Gasteiger partial charge in [0.25, 0.3) is 5.91 Å². The molecule has 294 valence electrons. The number of para-hydroxylation sites is 1. The Bertz CT molecular complexity index is 1680. The molecule has 2 fully saturated rings. The molecule has 4 amide bonds. The van der Waals surface area contributed by atoms with Gasteiger partial charge in [-0.3, -0.25) is 47.4 Å². The third kappa shape index (κ3) is 9.01. The molecule has 1 spiro atoms. The average molecular weight is 778 g/mol. The maximum atomic E-state index is 14.4. The molecule has 1 aliphatic carbocycles. The van der Waals surface area contributed by atoms with E-state index in [1.165, 1.54) is 15.1 Å². The Morgan fingerprint density at radius 3 is 2.13 bits per heavy atom. The van der Waals surface area contributed by atoms with Crippen molar-refractivity contribution in [3.8, 4) is 0 Å². The number of phosphoric acid groups is 1. The lowest BCUT2D eigenvalue weighted by Gasteiger charge is -2.33. The van der Waals surface area contributed by atoms with E-state index in [2.05, 4.69) is 4.85 Å². The molecule has 1 N–H and O–H groups in total. The maximum Gasteiger partial charge on any atom is 0.477 e. The monoisotopic (exact) mass is 777 g/mol. The number of phosphoric ester groups is 1. The zero-order valence-electron chi connectivity index (χ0n) is 30.8. The van der Waals surface area contributed by atoms with Crippen LogP contribution in [0.2, 0.25) is 0 Å². The van der Waals surface area contributed by atoms with Crippen molar-refractivity contribution in [2.24, 2.45) is 5.92 Å². The largest absolute Gasteiger partial charge is 0.477 e. The van der Waals surface area contributed by atoms with Gasteiger partial charge >= 0.3 is 32.0 Å². The standard InChI is InChI=1S/C34H45F5N5O8P/c1-20(41-28(47)33(35,36)34(37,38)39)26(45)42(9)24(16-21-14-15-21)27(46)43-18-32(17-25(43)40-8)22-12-10-11-13-23(22)44(29(32)48)19-50-53(49,51-30(2,3)4)52-31(5,6)7/h10-13,20-21,24-25H,14-19H2,1-7,9H3,(H,41,47)/t20-,24-,25-,32-/m0/s1. The molecule has 4 atom stereocenters. The second kappa shape index (κ2) is 14.5. The van der Waals surface area contributed by atoms with Gasteiger partial charge in [-0.15, -0.1) is 0 Å². The van der Waals surface area contributed by atoms with Gasteiger partial charge in [0.1, 0.15) is 24.2 Å². The minimum Gasteiger partial charge on any atom is -0.339 e. The van der Waals surface area contributed by atoms with E-state index in [4.69, 9.17) is 20.1 Å². The van der Waals surface area contributed by atoms with Gasteiger partial charge in [-0.05, 0) is 72.4 Å². The lowest BCUT2D eigenvalue weighted by Crippen LogP contribution is -2.58. The molecule has 3 aliphatic rings. The first-order valence-electron chi connectivity index (χ1n) is 16.9. The smallest absolute Gasteiger partial charge is 0.339 e. The van der Waals surface area contributed by atoms with Crippen molar-refractivity contribution in [1.29, 1.82) is 0 Å². The highest BCUT2D eigenvalue weighted by molar-refractivity contribution is 7.48. The summed E-state index contributed by atoms with van der Waals surface area (Å²) in [4.78, 5) is 60.8. The molecule has 0 aromatic heterocycles. The van der Waals surface area contributed by atoms with Crippen molar-refractivity contribution >= 4 is 37.1 Å². The zero-order chi connectivity index (χ0) is 40.1. The summed E-state index contributed by atoms with van der Waals surface area (Å²) >= 11 is 0. The van der Waals surface area contributed by atoms with Gasteiger partial charge < -0.3 is 10.2 Å². The summed E-state index contributed by atoms with van der Waals surface area (Å²) in [5, 5.41) is 1.39. The van der Waals surface area contributed by atoms with Gasteiger partial charge in [0, 0.05) is 13.6 Å². The van der Waals surface area contributed by atoms with E-state index in [1.54, 1.807) is 65.8 Å². The number of carbonyl (C=O) groups excluding carboxylic acids is 4.